The molecular weight excluding hydrogens is 298 g/mol. The fraction of sp³-hybridized carbons (Fsp3) is 0.400. The molecule has 2 rings (SSSR count). The molecule has 0 saturated carbocycles. The first kappa shape index (κ1) is 16.4. The minimum atomic E-state index is -0.0879. The van der Waals surface area contributed by atoms with E-state index in [0.29, 0.717) is 5.16 Å². The fourth-order valence-electron chi connectivity index (χ4n) is 2.17. The predicted octanol–water partition coefficient (Wildman–Crippen LogP) is 2.29. The molecule has 1 aromatic carbocycles. The molecule has 0 fully saturated rings. The normalized spacial score (nSPS) is 10.7. The summed E-state index contributed by atoms with van der Waals surface area (Å²) in [5.74, 6) is 6.80. The van der Waals surface area contributed by atoms with Gasteiger partial charge in [-0.1, -0.05) is 24.8 Å². The summed E-state index contributed by atoms with van der Waals surface area (Å²) in [5, 5.41) is 11.5. The van der Waals surface area contributed by atoms with Crippen LogP contribution in [0, 0.1) is 13.8 Å². The highest BCUT2D eigenvalue weighted by atomic mass is 32.2. The van der Waals surface area contributed by atoms with E-state index in [1.54, 1.807) is 0 Å². The lowest BCUT2D eigenvalue weighted by Gasteiger charge is -2.07. The Morgan fingerprint density at radius 2 is 1.95 bits per heavy atom. The second-order valence-corrected chi connectivity index (χ2v) is 6.17. The van der Waals surface area contributed by atoms with Gasteiger partial charge in [0.15, 0.2) is 5.82 Å². The molecule has 118 valence electrons. The molecule has 0 aliphatic rings. The van der Waals surface area contributed by atoms with Crippen molar-refractivity contribution >= 4 is 23.4 Å². The number of anilines is 1. The van der Waals surface area contributed by atoms with Crippen molar-refractivity contribution in [3.63, 3.8) is 0 Å². The largest absolute Gasteiger partial charge is 0.336 e. The van der Waals surface area contributed by atoms with Gasteiger partial charge < -0.3 is 11.2 Å². The first-order chi connectivity index (χ1) is 10.5. The van der Waals surface area contributed by atoms with Crippen molar-refractivity contribution < 1.29 is 4.79 Å². The lowest BCUT2D eigenvalue weighted by molar-refractivity contribution is -0.113. The lowest BCUT2D eigenvalue weighted by atomic mass is 10.1. The number of nitrogens with one attached hydrogen (secondary N) is 1. The molecule has 0 saturated heterocycles. The number of aromatic nitrogens is 3. The Labute approximate surface area is 134 Å². The van der Waals surface area contributed by atoms with Crippen LogP contribution in [0.1, 0.15) is 30.3 Å². The van der Waals surface area contributed by atoms with E-state index in [1.807, 2.05) is 26.0 Å². The molecule has 0 atom stereocenters. The van der Waals surface area contributed by atoms with Crippen molar-refractivity contribution in [1.29, 1.82) is 0 Å². The Morgan fingerprint density at radius 3 is 2.59 bits per heavy atom. The number of thioether (sulfide) groups is 1. The second kappa shape index (κ2) is 7.31. The zero-order valence-corrected chi connectivity index (χ0v) is 13.9. The van der Waals surface area contributed by atoms with Gasteiger partial charge in [0.1, 0.15) is 0 Å². The van der Waals surface area contributed by atoms with Crippen LogP contribution in [-0.4, -0.2) is 26.5 Å². The molecule has 0 radical (unpaired) electrons. The minimum absolute atomic E-state index is 0.0879. The second-order valence-electron chi connectivity index (χ2n) is 5.23. The Morgan fingerprint density at radius 1 is 1.27 bits per heavy atom. The molecular formula is C15H21N5OS. The average molecular weight is 319 g/mol. The van der Waals surface area contributed by atoms with E-state index in [4.69, 9.17) is 5.84 Å². The molecule has 3 N–H and O–H groups in total. The molecule has 6 nitrogen and oxygen atoms in total. The molecule has 0 bridgehead atoms. The molecule has 1 amide bonds. The van der Waals surface area contributed by atoms with Crippen LogP contribution in [-0.2, 0) is 11.2 Å². The van der Waals surface area contributed by atoms with Crippen LogP contribution in [0.3, 0.4) is 0 Å². The van der Waals surface area contributed by atoms with E-state index in [-0.39, 0.29) is 11.7 Å². The van der Waals surface area contributed by atoms with Crippen molar-refractivity contribution in [3.05, 3.63) is 35.2 Å². The number of hydrogen-bond donors (Lipinski definition) is 2. The summed E-state index contributed by atoms with van der Waals surface area (Å²) in [7, 11) is 0. The van der Waals surface area contributed by atoms with Crippen LogP contribution in [0.5, 0.6) is 0 Å². The van der Waals surface area contributed by atoms with Crippen molar-refractivity contribution in [1.82, 2.24) is 14.9 Å². The number of carbonyl (C=O) groups excluding carboxylic acids is 1. The van der Waals surface area contributed by atoms with Gasteiger partial charge in [-0.3, -0.25) is 4.79 Å². The SMILES string of the molecule is CCCc1nnc(SCC(=O)Nc2cc(C)cc(C)c2)n1N. The Hall–Kier alpha value is -2.02. The molecule has 0 unspecified atom stereocenters. The third-order valence-electron chi connectivity index (χ3n) is 3.05. The zero-order valence-electron chi connectivity index (χ0n) is 13.1. The maximum absolute atomic E-state index is 12.0. The summed E-state index contributed by atoms with van der Waals surface area (Å²) < 4.78 is 1.46. The summed E-state index contributed by atoms with van der Waals surface area (Å²) in [6, 6.07) is 5.96. The smallest absolute Gasteiger partial charge is 0.234 e. The summed E-state index contributed by atoms with van der Waals surface area (Å²) in [5.41, 5.74) is 3.05. The number of amides is 1. The van der Waals surface area contributed by atoms with Crippen LogP contribution < -0.4 is 11.2 Å². The third-order valence-corrected chi connectivity index (χ3v) is 3.99. The monoisotopic (exact) mass is 319 g/mol. The summed E-state index contributed by atoms with van der Waals surface area (Å²) in [6.45, 7) is 6.06. The van der Waals surface area contributed by atoms with Crippen LogP contribution >= 0.6 is 11.8 Å². The van der Waals surface area contributed by atoms with E-state index in [1.165, 1.54) is 16.4 Å². The molecule has 7 heteroatoms. The van der Waals surface area contributed by atoms with Crippen molar-refractivity contribution in [2.45, 2.75) is 38.8 Å². The van der Waals surface area contributed by atoms with Gasteiger partial charge in [0.2, 0.25) is 11.1 Å². The summed E-state index contributed by atoms with van der Waals surface area (Å²) >= 11 is 1.28. The predicted molar refractivity (Wildman–Crippen MR) is 89.4 cm³/mol. The molecule has 1 aromatic heterocycles. The van der Waals surface area contributed by atoms with Crippen LogP contribution in [0.4, 0.5) is 5.69 Å². The maximum atomic E-state index is 12.0. The number of rotatable bonds is 6. The minimum Gasteiger partial charge on any atom is -0.336 e. The fourth-order valence-corrected chi connectivity index (χ4v) is 2.85. The zero-order chi connectivity index (χ0) is 16.1. The summed E-state index contributed by atoms with van der Waals surface area (Å²) in [4.78, 5) is 12.0. The number of carbonyl (C=O) groups is 1. The average Bonchev–Trinajstić information content (AvgIpc) is 2.77. The van der Waals surface area contributed by atoms with Crippen LogP contribution in [0.25, 0.3) is 0 Å². The van der Waals surface area contributed by atoms with Gasteiger partial charge in [0.25, 0.3) is 0 Å². The van der Waals surface area contributed by atoms with Crippen LogP contribution in [0.15, 0.2) is 23.4 Å². The molecule has 0 aliphatic carbocycles. The molecule has 0 aliphatic heterocycles. The topological polar surface area (TPSA) is 85.8 Å². The van der Waals surface area contributed by atoms with E-state index in [2.05, 4.69) is 28.5 Å². The molecule has 2 aromatic rings. The number of nitrogens with two attached hydrogens (primary N) is 1. The van der Waals surface area contributed by atoms with Crippen molar-refractivity contribution in [2.75, 3.05) is 16.9 Å². The lowest BCUT2D eigenvalue weighted by Crippen LogP contribution is -2.17. The van der Waals surface area contributed by atoms with Gasteiger partial charge in [-0.15, -0.1) is 10.2 Å². The number of hydrogen-bond acceptors (Lipinski definition) is 5. The van der Waals surface area contributed by atoms with Gasteiger partial charge in [0, 0.05) is 12.1 Å². The van der Waals surface area contributed by atoms with E-state index >= 15 is 0 Å². The molecule has 1 heterocycles. The van der Waals surface area contributed by atoms with E-state index in [9.17, 15) is 4.79 Å². The quantitative estimate of drug-likeness (QED) is 0.630. The summed E-state index contributed by atoms with van der Waals surface area (Å²) in [6.07, 6.45) is 1.73. The van der Waals surface area contributed by atoms with Gasteiger partial charge in [-0.25, -0.2) is 4.68 Å². The van der Waals surface area contributed by atoms with Crippen molar-refractivity contribution in [2.24, 2.45) is 0 Å². The number of nitrogen functional groups attached to an aromatic ring is 1. The highest BCUT2D eigenvalue weighted by Crippen LogP contribution is 2.17. The first-order valence-electron chi connectivity index (χ1n) is 7.20. The van der Waals surface area contributed by atoms with Crippen molar-refractivity contribution in [3.8, 4) is 0 Å². The van der Waals surface area contributed by atoms with Gasteiger partial charge >= 0.3 is 0 Å². The Kier molecular flexibility index (Phi) is 5.43. The number of benzene rings is 1. The first-order valence-corrected chi connectivity index (χ1v) is 8.18. The number of aryl methyl sites for hydroxylation is 3. The van der Waals surface area contributed by atoms with E-state index in [0.717, 1.165) is 35.5 Å². The van der Waals surface area contributed by atoms with E-state index < -0.39 is 0 Å². The van der Waals surface area contributed by atoms with Crippen LogP contribution in [0.2, 0.25) is 0 Å². The molecule has 22 heavy (non-hydrogen) atoms. The Bertz CT molecular complexity index is 648. The van der Waals surface area contributed by atoms with Gasteiger partial charge in [0.05, 0.1) is 5.75 Å². The van der Waals surface area contributed by atoms with Gasteiger partial charge in [-0.05, 0) is 43.5 Å². The standard InChI is InChI=1S/C15H21N5OS/c1-4-5-13-18-19-15(20(13)16)22-9-14(21)17-12-7-10(2)6-11(3)8-12/h6-8H,4-5,9,16H2,1-3H3,(H,17,21). The Balaban J connectivity index is 1.92. The number of nitrogens with zero attached hydrogens (tertiary/aromatic N) is 3. The molecule has 0 spiro atoms. The maximum Gasteiger partial charge on any atom is 0.234 e. The van der Waals surface area contributed by atoms with Gasteiger partial charge in [-0.2, -0.15) is 0 Å². The third kappa shape index (κ3) is 4.24. The highest BCUT2D eigenvalue weighted by Gasteiger charge is 2.12. The highest BCUT2D eigenvalue weighted by molar-refractivity contribution is 7.99.